The van der Waals surface area contributed by atoms with Gasteiger partial charge in [-0.05, 0) is 12.8 Å². The highest BCUT2D eigenvalue weighted by Crippen LogP contribution is 2.35. The molecule has 2 heterocycles. The number of hydrogen-bond acceptors (Lipinski definition) is 4. The first-order valence-corrected chi connectivity index (χ1v) is 4.04. The molecule has 2 aliphatic rings. The van der Waals surface area contributed by atoms with Crippen LogP contribution in [0.1, 0.15) is 12.8 Å². The van der Waals surface area contributed by atoms with Gasteiger partial charge in [0.25, 0.3) is 0 Å². The molecule has 0 bridgehead atoms. The lowest BCUT2D eigenvalue weighted by Gasteiger charge is -2.23. The zero-order valence-corrected chi connectivity index (χ0v) is 6.53. The maximum absolute atomic E-state index is 11.0. The summed E-state index contributed by atoms with van der Waals surface area (Å²) in [6.07, 6.45) is 1.32. The largest absolute Gasteiger partial charge is 0.434 e. The van der Waals surface area contributed by atoms with Crippen molar-refractivity contribution in [3.63, 3.8) is 0 Å². The minimum Gasteiger partial charge on any atom is -0.434 e. The summed E-state index contributed by atoms with van der Waals surface area (Å²) in [5.74, 6) is -1.05. The predicted molar refractivity (Wildman–Crippen MR) is 37.7 cm³/mol. The highest BCUT2D eigenvalue weighted by molar-refractivity contribution is 5.77. The Hall–Kier alpha value is -1.08. The minimum absolute atomic E-state index is 0.0313. The first-order chi connectivity index (χ1) is 5.83. The molecule has 0 aliphatic carbocycles. The Bertz CT molecular complexity index is 245. The van der Waals surface area contributed by atoms with Gasteiger partial charge in [-0.3, -0.25) is 4.79 Å². The molecule has 0 spiro atoms. The van der Waals surface area contributed by atoms with Crippen LogP contribution >= 0.6 is 0 Å². The zero-order chi connectivity index (χ0) is 8.55. The Morgan fingerprint density at radius 1 is 1.58 bits per heavy atom. The van der Waals surface area contributed by atoms with Gasteiger partial charge in [0.15, 0.2) is 5.92 Å². The van der Waals surface area contributed by atoms with Crippen LogP contribution in [-0.2, 0) is 14.3 Å². The lowest BCUT2D eigenvalue weighted by molar-refractivity contribution is -0.174. The zero-order valence-electron chi connectivity index (χ0n) is 6.53. The third-order valence-corrected chi connectivity index (χ3v) is 2.37. The number of rotatable bonds is 0. The molecule has 0 saturated carbocycles. The predicted octanol–water partition coefficient (Wildman–Crippen LogP) is 0.436. The smallest absolute Gasteiger partial charge is 0.326 e. The SMILES string of the molecule is N#CC1C(=O)O[C@@H]2OCCC[C@H]12. The van der Waals surface area contributed by atoms with Crippen LogP contribution in [0.2, 0.25) is 0 Å². The van der Waals surface area contributed by atoms with Crippen LogP contribution in [-0.4, -0.2) is 18.9 Å². The molecule has 0 radical (unpaired) electrons. The molecule has 1 unspecified atom stereocenters. The number of fused-ring (bicyclic) bond motifs is 1. The third kappa shape index (κ3) is 0.978. The second kappa shape index (κ2) is 2.76. The second-order valence-corrected chi connectivity index (χ2v) is 3.09. The van der Waals surface area contributed by atoms with Gasteiger partial charge in [-0.2, -0.15) is 5.26 Å². The van der Waals surface area contributed by atoms with Crippen LogP contribution in [0.4, 0.5) is 0 Å². The molecule has 2 aliphatic heterocycles. The Morgan fingerprint density at radius 3 is 3.17 bits per heavy atom. The molecule has 12 heavy (non-hydrogen) atoms. The van der Waals surface area contributed by atoms with Gasteiger partial charge in [0.1, 0.15) is 0 Å². The van der Waals surface area contributed by atoms with E-state index in [9.17, 15) is 4.79 Å². The number of nitriles is 1. The van der Waals surface area contributed by atoms with Gasteiger partial charge in [-0.1, -0.05) is 0 Å². The van der Waals surface area contributed by atoms with Gasteiger partial charge in [0, 0.05) is 5.92 Å². The van der Waals surface area contributed by atoms with Crippen molar-refractivity contribution >= 4 is 5.97 Å². The Balaban J connectivity index is 2.17. The molecule has 4 heteroatoms. The molecule has 0 aromatic rings. The molecule has 0 N–H and O–H groups in total. The Kier molecular flexibility index (Phi) is 1.74. The number of ether oxygens (including phenoxy) is 2. The topological polar surface area (TPSA) is 59.3 Å². The fourth-order valence-corrected chi connectivity index (χ4v) is 1.73. The molecule has 2 rings (SSSR count). The van der Waals surface area contributed by atoms with Crippen LogP contribution in [0.3, 0.4) is 0 Å². The summed E-state index contributed by atoms with van der Waals surface area (Å²) in [6, 6.07) is 1.96. The van der Waals surface area contributed by atoms with Crippen molar-refractivity contribution in [1.29, 1.82) is 5.26 Å². The summed E-state index contributed by atoms with van der Waals surface area (Å²) >= 11 is 0. The quantitative estimate of drug-likeness (QED) is 0.491. The average molecular weight is 167 g/mol. The first-order valence-electron chi connectivity index (χ1n) is 4.04. The highest BCUT2D eigenvalue weighted by Gasteiger charge is 2.46. The maximum Gasteiger partial charge on any atom is 0.326 e. The molecule has 2 fully saturated rings. The lowest BCUT2D eigenvalue weighted by atomic mass is 9.90. The lowest BCUT2D eigenvalue weighted by Crippen LogP contribution is -2.28. The van der Waals surface area contributed by atoms with E-state index in [1.165, 1.54) is 0 Å². The molecule has 2 saturated heterocycles. The maximum atomic E-state index is 11.0. The summed E-state index contributed by atoms with van der Waals surface area (Å²) in [5.41, 5.74) is 0. The molecule has 4 nitrogen and oxygen atoms in total. The fraction of sp³-hybridized carbons (Fsp3) is 0.750. The van der Waals surface area contributed by atoms with E-state index in [0.717, 1.165) is 12.8 Å². The summed E-state index contributed by atoms with van der Waals surface area (Å²) in [7, 11) is 0. The molecule has 3 atom stereocenters. The van der Waals surface area contributed by atoms with Crippen LogP contribution in [0, 0.1) is 23.2 Å². The van der Waals surface area contributed by atoms with E-state index in [1.54, 1.807) is 0 Å². The van der Waals surface area contributed by atoms with Crippen LogP contribution in [0.15, 0.2) is 0 Å². The molecule has 0 amide bonds. The van der Waals surface area contributed by atoms with Crippen molar-refractivity contribution in [3.05, 3.63) is 0 Å². The highest BCUT2D eigenvalue weighted by atomic mass is 16.7. The summed E-state index contributed by atoms with van der Waals surface area (Å²) in [4.78, 5) is 11.0. The fourth-order valence-electron chi connectivity index (χ4n) is 1.73. The molecule has 0 aromatic heterocycles. The average Bonchev–Trinajstić information content (AvgIpc) is 2.40. The van der Waals surface area contributed by atoms with Gasteiger partial charge < -0.3 is 9.47 Å². The minimum atomic E-state index is -0.602. The summed E-state index contributed by atoms with van der Waals surface area (Å²) in [5, 5.41) is 8.67. The number of nitrogens with zero attached hydrogens (tertiary/aromatic N) is 1. The van der Waals surface area contributed by atoms with E-state index < -0.39 is 18.2 Å². The van der Waals surface area contributed by atoms with Crippen molar-refractivity contribution < 1.29 is 14.3 Å². The number of carbonyl (C=O) groups excluding carboxylic acids is 1. The Morgan fingerprint density at radius 2 is 2.42 bits per heavy atom. The van der Waals surface area contributed by atoms with Gasteiger partial charge in [0.2, 0.25) is 6.29 Å². The molecular weight excluding hydrogens is 158 g/mol. The van der Waals surface area contributed by atoms with Crippen molar-refractivity contribution in [3.8, 4) is 6.07 Å². The van der Waals surface area contributed by atoms with E-state index in [-0.39, 0.29) is 5.92 Å². The van der Waals surface area contributed by atoms with E-state index in [2.05, 4.69) is 0 Å². The van der Waals surface area contributed by atoms with Gasteiger partial charge >= 0.3 is 5.97 Å². The first kappa shape index (κ1) is 7.56. The van der Waals surface area contributed by atoms with Gasteiger partial charge in [0.05, 0.1) is 12.7 Å². The van der Waals surface area contributed by atoms with E-state index in [0.29, 0.717) is 6.61 Å². The number of esters is 1. The van der Waals surface area contributed by atoms with E-state index in [1.807, 2.05) is 6.07 Å². The molecular formula is C8H9NO3. The van der Waals surface area contributed by atoms with Gasteiger partial charge in [-0.15, -0.1) is 0 Å². The van der Waals surface area contributed by atoms with Crippen LogP contribution in [0.5, 0.6) is 0 Å². The summed E-state index contributed by atoms with van der Waals surface area (Å²) < 4.78 is 10.1. The van der Waals surface area contributed by atoms with Crippen molar-refractivity contribution in [2.45, 2.75) is 19.1 Å². The van der Waals surface area contributed by atoms with Crippen molar-refractivity contribution in [1.82, 2.24) is 0 Å². The second-order valence-electron chi connectivity index (χ2n) is 3.09. The van der Waals surface area contributed by atoms with Crippen LogP contribution in [0.25, 0.3) is 0 Å². The van der Waals surface area contributed by atoms with Crippen molar-refractivity contribution in [2.24, 2.45) is 11.8 Å². The van der Waals surface area contributed by atoms with Crippen molar-refractivity contribution in [2.75, 3.05) is 6.61 Å². The standard InChI is InChI=1S/C8H9NO3/c9-4-6-5-2-1-3-11-8(5)12-7(6)10/h5-6,8H,1-3H2/t5-,6?,8+/m1/s1. The Labute approximate surface area is 70.1 Å². The van der Waals surface area contributed by atoms with Gasteiger partial charge in [-0.25, -0.2) is 0 Å². The third-order valence-electron chi connectivity index (χ3n) is 2.37. The monoisotopic (exact) mass is 167 g/mol. The van der Waals surface area contributed by atoms with E-state index >= 15 is 0 Å². The van der Waals surface area contributed by atoms with E-state index in [4.69, 9.17) is 14.7 Å². The number of hydrogen-bond donors (Lipinski definition) is 0. The van der Waals surface area contributed by atoms with Crippen LogP contribution < -0.4 is 0 Å². The molecule has 64 valence electrons. The number of carbonyl (C=O) groups is 1. The molecule has 0 aromatic carbocycles. The summed E-state index contributed by atoms with van der Waals surface area (Å²) in [6.45, 7) is 0.632. The normalized spacial score (nSPS) is 39.9.